The Morgan fingerprint density at radius 3 is 2.85 bits per heavy atom. The van der Waals surface area contributed by atoms with Crippen molar-refractivity contribution in [3.05, 3.63) is 29.1 Å². The van der Waals surface area contributed by atoms with Crippen LogP contribution in [-0.2, 0) is 0 Å². The molecule has 0 aliphatic rings. The van der Waals surface area contributed by atoms with Crippen molar-refractivity contribution < 1.29 is 0 Å². The van der Waals surface area contributed by atoms with Crippen molar-refractivity contribution in [3.63, 3.8) is 0 Å². The Morgan fingerprint density at radius 2 is 2.15 bits per heavy atom. The van der Waals surface area contributed by atoms with E-state index in [0.717, 1.165) is 5.69 Å². The summed E-state index contributed by atoms with van der Waals surface area (Å²) in [6.45, 7) is 2.11. The van der Waals surface area contributed by atoms with Crippen LogP contribution in [0.5, 0.6) is 0 Å². The van der Waals surface area contributed by atoms with Crippen molar-refractivity contribution in [2.24, 2.45) is 5.84 Å². The number of fused-ring (bicyclic) bond motifs is 1. The monoisotopic (exact) mass is 214 g/mol. The van der Waals surface area contributed by atoms with Crippen molar-refractivity contribution in [3.8, 4) is 0 Å². The van der Waals surface area contributed by atoms with E-state index in [1.165, 1.54) is 15.6 Å². The number of nitrogens with one attached hydrogen (secondary N) is 1. The molecule has 0 saturated carbocycles. The largest absolute Gasteiger partial charge is 0.324 e. The number of hydrogen-bond donors (Lipinski definition) is 2. The molecule has 0 unspecified atom stereocenters. The molecule has 0 radical (unpaired) electrons. The lowest BCUT2D eigenvalue weighted by Gasteiger charge is -1.98. The van der Waals surface area contributed by atoms with Crippen LogP contribution in [0.15, 0.2) is 23.6 Å². The first kappa shape index (κ1) is 10.3. The Balaban J connectivity index is 0.000000845. The maximum absolute atomic E-state index is 5.31. The fraction of sp³-hybridized carbons (Fsp3) is 0.111. The Kier molecular flexibility index (Phi) is 3.14. The number of hydrazine groups is 1. The van der Waals surface area contributed by atoms with Gasteiger partial charge in [0.25, 0.3) is 0 Å². The molecule has 3 N–H and O–H groups in total. The molecule has 13 heavy (non-hydrogen) atoms. The molecule has 0 atom stereocenters. The number of rotatable bonds is 1. The molecule has 0 saturated heterocycles. The van der Waals surface area contributed by atoms with Crippen molar-refractivity contribution in [2.45, 2.75) is 6.92 Å². The van der Waals surface area contributed by atoms with Gasteiger partial charge in [-0.25, -0.2) is 0 Å². The van der Waals surface area contributed by atoms with E-state index in [1.807, 2.05) is 6.07 Å². The third-order valence-electron chi connectivity index (χ3n) is 1.93. The summed E-state index contributed by atoms with van der Waals surface area (Å²) in [5.74, 6) is 5.31. The Bertz CT molecular complexity index is 411. The van der Waals surface area contributed by atoms with Crippen molar-refractivity contribution in [1.29, 1.82) is 0 Å². The number of aryl methyl sites for hydroxylation is 1. The third kappa shape index (κ3) is 1.77. The van der Waals surface area contributed by atoms with Crippen LogP contribution in [0.4, 0.5) is 5.69 Å². The van der Waals surface area contributed by atoms with E-state index >= 15 is 0 Å². The highest BCUT2D eigenvalue weighted by atomic mass is 35.5. The molecular weight excluding hydrogens is 204 g/mol. The van der Waals surface area contributed by atoms with Gasteiger partial charge in [0.2, 0.25) is 0 Å². The van der Waals surface area contributed by atoms with Gasteiger partial charge in [0.15, 0.2) is 0 Å². The zero-order chi connectivity index (χ0) is 8.55. The fourth-order valence-corrected chi connectivity index (χ4v) is 2.17. The maximum atomic E-state index is 5.31. The lowest BCUT2D eigenvalue weighted by molar-refractivity contribution is 1.36. The van der Waals surface area contributed by atoms with Gasteiger partial charge >= 0.3 is 0 Å². The van der Waals surface area contributed by atoms with Gasteiger partial charge in [0.1, 0.15) is 0 Å². The van der Waals surface area contributed by atoms with Crippen LogP contribution < -0.4 is 11.3 Å². The molecule has 0 aliphatic carbocycles. The molecule has 0 fully saturated rings. The summed E-state index contributed by atoms with van der Waals surface area (Å²) in [7, 11) is 0. The zero-order valence-electron chi connectivity index (χ0n) is 7.20. The van der Waals surface area contributed by atoms with Crippen LogP contribution in [0.2, 0.25) is 0 Å². The lowest BCUT2D eigenvalue weighted by atomic mass is 10.2. The Morgan fingerprint density at radius 1 is 1.38 bits per heavy atom. The molecule has 2 nitrogen and oxygen atoms in total. The van der Waals surface area contributed by atoms with Crippen LogP contribution in [0.1, 0.15) is 5.56 Å². The molecule has 2 rings (SSSR count). The lowest BCUT2D eigenvalue weighted by Crippen LogP contribution is -2.05. The molecule has 0 bridgehead atoms. The smallest absolute Gasteiger partial charge is 0.0492 e. The molecule has 1 aromatic carbocycles. The van der Waals surface area contributed by atoms with Crippen LogP contribution in [0, 0.1) is 6.92 Å². The summed E-state index contributed by atoms with van der Waals surface area (Å²) in [4.78, 5) is 0. The second kappa shape index (κ2) is 3.96. The standard InChI is InChI=1S/C9H10N2S.ClH/c1-6-5-12-9-3-2-7(11-10)4-8(6)9;/h2-5,11H,10H2,1H3;1H. The average molecular weight is 215 g/mol. The summed E-state index contributed by atoms with van der Waals surface area (Å²) in [6.07, 6.45) is 0. The predicted molar refractivity (Wildman–Crippen MR) is 61.6 cm³/mol. The summed E-state index contributed by atoms with van der Waals surface area (Å²) in [5.41, 5.74) is 4.91. The van der Waals surface area contributed by atoms with Crippen molar-refractivity contribution in [2.75, 3.05) is 5.43 Å². The topological polar surface area (TPSA) is 38.0 Å². The highest BCUT2D eigenvalue weighted by molar-refractivity contribution is 7.17. The second-order valence-electron chi connectivity index (χ2n) is 2.77. The van der Waals surface area contributed by atoms with Gasteiger partial charge in [-0.15, -0.1) is 23.7 Å². The first-order chi connectivity index (χ1) is 5.81. The van der Waals surface area contributed by atoms with E-state index in [2.05, 4.69) is 29.9 Å². The minimum atomic E-state index is 0. The number of anilines is 1. The van der Waals surface area contributed by atoms with Crippen LogP contribution >= 0.6 is 23.7 Å². The molecule has 1 aromatic heterocycles. The molecule has 2 aromatic rings. The number of hydrogen-bond acceptors (Lipinski definition) is 3. The predicted octanol–water partition coefficient (Wildman–Crippen LogP) is 2.92. The normalized spacial score (nSPS) is 9.69. The van der Waals surface area contributed by atoms with E-state index in [9.17, 15) is 0 Å². The average Bonchev–Trinajstić information content (AvgIpc) is 2.47. The molecular formula is C9H11ClN2S. The Labute approximate surface area is 87.1 Å². The van der Waals surface area contributed by atoms with E-state index in [1.54, 1.807) is 11.3 Å². The summed E-state index contributed by atoms with van der Waals surface area (Å²) in [5, 5.41) is 3.45. The highest BCUT2D eigenvalue weighted by Gasteiger charge is 1.99. The number of benzene rings is 1. The number of halogens is 1. The van der Waals surface area contributed by atoms with Gasteiger partial charge in [-0.2, -0.15) is 0 Å². The number of nitrogen functional groups attached to an aromatic ring is 1. The SMILES string of the molecule is Cc1csc2ccc(NN)cc12.Cl. The summed E-state index contributed by atoms with van der Waals surface area (Å²) >= 11 is 1.76. The van der Waals surface area contributed by atoms with Gasteiger partial charge in [-0.1, -0.05) is 0 Å². The van der Waals surface area contributed by atoms with Gasteiger partial charge in [-0.05, 0) is 41.5 Å². The number of nitrogens with two attached hydrogens (primary N) is 1. The minimum absolute atomic E-state index is 0. The first-order valence-electron chi connectivity index (χ1n) is 3.76. The van der Waals surface area contributed by atoms with Gasteiger partial charge in [0, 0.05) is 10.4 Å². The molecule has 0 aliphatic heterocycles. The van der Waals surface area contributed by atoms with Crippen molar-refractivity contribution in [1.82, 2.24) is 0 Å². The highest BCUT2D eigenvalue weighted by Crippen LogP contribution is 2.27. The van der Waals surface area contributed by atoms with Gasteiger partial charge in [0.05, 0.1) is 0 Å². The Hall–Kier alpha value is -0.770. The first-order valence-corrected chi connectivity index (χ1v) is 4.63. The van der Waals surface area contributed by atoms with Crippen LogP contribution in [-0.4, -0.2) is 0 Å². The number of thiophene rings is 1. The van der Waals surface area contributed by atoms with Crippen LogP contribution in [0.25, 0.3) is 10.1 Å². The minimum Gasteiger partial charge on any atom is -0.324 e. The molecule has 0 spiro atoms. The maximum Gasteiger partial charge on any atom is 0.0492 e. The van der Waals surface area contributed by atoms with E-state index in [0.29, 0.717) is 0 Å². The van der Waals surface area contributed by atoms with Gasteiger partial charge < -0.3 is 5.43 Å². The molecule has 0 amide bonds. The van der Waals surface area contributed by atoms with Crippen LogP contribution in [0.3, 0.4) is 0 Å². The molecule has 4 heteroatoms. The third-order valence-corrected chi connectivity index (χ3v) is 3.02. The van der Waals surface area contributed by atoms with Gasteiger partial charge in [-0.3, -0.25) is 5.84 Å². The van der Waals surface area contributed by atoms with E-state index in [-0.39, 0.29) is 12.4 Å². The van der Waals surface area contributed by atoms with Crippen molar-refractivity contribution >= 4 is 39.5 Å². The summed E-state index contributed by atoms with van der Waals surface area (Å²) < 4.78 is 1.31. The zero-order valence-corrected chi connectivity index (χ0v) is 8.84. The van der Waals surface area contributed by atoms with E-state index < -0.39 is 0 Å². The second-order valence-corrected chi connectivity index (χ2v) is 3.69. The van der Waals surface area contributed by atoms with E-state index in [4.69, 9.17) is 5.84 Å². The quantitative estimate of drug-likeness (QED) is 0.566. The fourth-order valence-electron chi connectivity index (χ4n) is 1.25. The summed E-state index contributed by atoms with van der Waals surface area (Å²) in [6, 6.07) is 6.14. The molecule has 70 valence electrons. The molecule has 1 heterocycles.